The van der Waals surface area contributed by atoms with Gasteiger partial charge in [-0.05, 0) is 30.7 Å². The highest BCUT2D eigenvalue weighted by molar-refractivity contribution is 6.07. The third-order valence-corrected chi connectivity index (χ3v) is 3.97. The van der Waals surface area contributed by atoms with Crippen molar-refractivity contribution >= 4 is 28.4 Å². The second-order valence-electron chi connectivity index (χ2n) is 5.75. The number of carbonyl (C=O) groups excluding carboxylic acids is 2. The monoisotopic (exact) mass is 333 g/mol. The van der Waals surface area contributed by atoms with Crippen molar-refractivity contribution in [2.75, 3.05) is 0 Å². The topological polar surface area (TPSA) is 91.3 Å². The zero-order valence-electron chi connectivity index (χ0n) is 13.4. The highest BCUT2D eigenvalue weighted by atomic mass is 16.2. The molecule has 124 valence electrons. The highest BCUT2D eigenvalue weighted by Crippen LogP contribution is 2.17. The van der Waals surface area contributed by atoms with Gasteiger partial charge in [0, 0.05) is 29.5 Å². The van der Waals surface area contributed by atoms with E-state index in [1.807, 2.05) is 49.5 Å². The van der Waals surface area contributed by atoms with E-state index < -0.39 is 11.8 Å². The van der Waals surface area contributed by atoms with Crippen molar-refractivity contribution < 1.29 is 9.59 Å². The summed E-state index contributed by atoms with van der Waals surface area (Å²) in [5.74, 6) is -0.875. The Morgan fingerprint density at radius 3 is 2.80 bits per heavy atom. The number of nitrogens with one attached hydrogen (secondary N) is 3. The van der Waals surface area contributed by atoms with Gasteiger partial charge in [0.2, 0.25) is 0 Å². The lowest BCUT2D eigenvalue weighted by atomic mass is 10.2. The maximum atomic E-state index is 12.3. The number of amides is 2. The van der Waals surface area contributed by atoms with Gasteiger partial charge in [0.1, 0.15) is 11.3 Å². The largest absolute Gasteiger partial charge is 0.360 e. The molecule has 0 bridgehead atoms. The minimum atomic E-state index is -0.477. The SMILES string of the molecule is Cc1ccn2cc(C(=O)NNC(=O)c3c[nH]c4ccccc34)nc2c1. The van der Waals surface area contributed by atoms with Crippen LogP contribution < -0.4 is 10.9 Å². The third-order valence-electron chi connectivity index (χ3n) is 3.97. The van der Waals surface area contributed by atoms with E-state index in [9.17, 15) is 9.59 Å². The number of aryl methyl sites for hydroxylation is 1. The van der Waals surface area contributed by atoms with Crippen LogP contribution in [0.3, 0.4) is 0 Å². The van der Waals surface area contributed by atoms with Gasteiger partial charge >= 0.3 is 0 Å². The summed E-state index contributed by atoms with van der Waals surface area (Å²) in [7, 11) is 0. The van der Waals surface area contributed by atoms with E-state index in [0.717, 1.165) is 16.5 Å². The molecular formula is C18H15N5O2. The number of para-hydroxylation sites is 1. The first kappa shape index (κ1) is 14.9. The number of carbonyl (C=O) groups is 2. The number of fused-ring (bicyclic) bond motifs is 2. The van der Waals surface area contributed by atoms with Crippen LogP contribution in [0.15, 0.2) is 55.0 Å². The van der Waals surface area contributed by atoms with Crippen LogP contribution in [0.1, 0.15) is 26.4 Å². The van der Waals surface area contributed by atoms with E-state index in [2.05, 4.69) is 20.8 Å². The Morgan fingerprint density at radius 2 is 1.92 bits per heavy atom. The van der Waals surface area contributed by atoms with Gasteiger partial charge in [0.05, 0.1) is 5.56 Å². The molecule has 0 fully saturated rings. The van der Waals surface area contributed by atoms with Gasteiger partial charge in [-0.1, -0.05) is 18.2 Å². The summed E-state index contributed by atoms with van der Waals surface area (Å²) in [5.41, 5.74) is 8.09. The Labute approximate surface area is 142 Å². The number of H-pyrrole nitrogens is 1. The van der Waals surface area contributed by atoms with Gasteiger partial charge in [-0.25, -0.2) is 4.98 Å². The highest BCUT2D eigenvalue weighted by Gasteiger charge is 2.15. The van der Waals surface area contributed by atoms with Crippen LogP contribution in [0.4, 0.5) is 0 Å². The molecule has 0 aliphatic heterocycles. The zero-order valence-corrected chi connectivity index (χ0v) is 13.4. The second-order valence-corrected chi connectivity index (χ2v) is 5.75. The lowest BCUT2D eigenvalue weighted by Gasteiger charge is -2.04. The molecule has 0 saturated carbocycles. The molecule has 0 aliphatic carbocycles. The number of aromatic nitrogens is 3. The number of hydrazine groups is 1. The second kappa shape index (κ2) is 5.79. The molecule has 3 heterocycles. The molecule has 0 aliphatic rings. The predicted octanol–water partition coefficient (Wildman–Crippen LogP) is 2.20. The normalized spacial score (nSPS) is 10.9. The van der Waals surface area contributed by atoms with Crippen LogP contribution in [0, 0.1) is 6.92 Å². The average Bonchev–Trinajstić information content (AvgIpc) is 3.23. The van der Waals surface area contributed by atoms with Gasteiger partial charge in [-0.3, -0.25) is 20.4 Å². The molecule has 4 aromatic rings. The fourth-order valence-corrected chi connectivity index (χ4v) is 2.70. The van der Waals surface area contributed by atoms with E-state index in [1.165, 1.54) is 0 Å². The van der Waals surface area contributed by atoms with Gasteiger partial charge in [-0.2, -0.15) is 0 Å². The first-order valence-electron chi connectivity index (χ1n) is 7.74. The average molecular weight is 333 g/mol. The standard InChI is InChI=1S/C18H15N5O2/c1-11-6-7-23-10-15(20-16(23)8-11)18(25)22-21-17(24)13-9-19-14-5-3-2-4-12(13)14/h2-10,19H,1H3,(H,21,24)(H,22,25). The van der Waals surface area contributed by atoms with E-state index >= 15 is 0 Å². The minimum absolute atomic E-state index is 0.227. The molecule has 7 heteroatoms. The summed E-state index contributed by atoms with van der Waals surface area (Å²) in [4.78, 5) is 31.8. The minimum Gasteiger partial charge on any atom is -0.360 e. The van der Waals surface area contributed by atoms with Crippen LogP contribution in [0.25, 0.3) is 16.6 Å². The molecule has 1 aromatic carbocycles. The Balaban J connectivity index is 1.50. The van der Waals surface area contributed by atoms with Crippen molar-refractivity contribution in [2.45, 2.75) is 6.92 Å². The quantitative estimate of drug-likeness (QED) is 0.491. The number of nitrogens with zero attached hydrogens (tertiary/aromatic N) is 2. The number of hydrogen-bond donors (Lipinski definition) is 3. The first-order chi connectivity index (χ1) is 12.1. The maximum Gasteiger partial charge on any atom is 0.289 e. The summed E-state index contributed by atoms with van der Waals surface area (Å²) in [6.45, 7) is 1.95. The van der Waals surface area contributed by atoms with E-state index in [0.29, 0.717) is 11.2 Å². The van der Waals surface area contributed by atoms with E-state index in [-0.39, 0.29) is 5.69 Å². The number of aromatic amines is 1. The van der Waals surface area contributed by atoms with Gasteiger partial charge in [0.15, 0.2) is 0 Å². The number of hydrogen-bond acceptors (Lipinski definition) is 3. The fraction of sp³-hybridized carbons (Fsp3) is 0.0556. The van der Waals surface area contributed by atoms with Crippen molar-refractivity contribution in [3.63, 3.8) is 0 Å². The summed E-state index contributed by atoms with van der Waals surface area (Å²) >= 11 is 0. The Morgan fingerprint density at radius 1 is 1.12 bits per heavy atom. The molecule has 0 spiro atoms. The fourth-order valence-electron chi connectivity index (χ4n) is 2.70. The van der Waals surface area contributed by atoms with Gasteiger partial charge in [0.25, 0.3) is 11.8 Å². The van der Waals surface area contributed by atoms with Crippen molar-refractivity contribution in [3.05, 3.63) is 71.8 Å². The van der Waals surface area contributed by atoms with Crippen LogP contribution in [-0.2, 0) is 0 Å². The molecule has 2 amide bonds. The molecule has 25 heavy (non-hydrogen) atoms. The smallest absolute Gasteiger partial charge is 0.289 e. The molecule has 0 saturated heterocycles. The molecule has 4 rings (SSSR count). The van der Waals surface area contributed by atoms with Crippen molar-refractivity contribution in [1.82, 2.24) is 25.2 Å². The molecule has 3 N–H and O–H groups in total. The number of imidazole rings is 1. The van der Waals surface area contributed by atoms with Gasteiger partial charge < -0.3 is 9.38 Å². The van der Waals surface area contributed by atoms with Crippen molar-refractivity contribution in [3.8, 4) is 0 Å². The number of rotatable bonds is 2. The zero-order chi connectivity index (χ0) is 17.4. The maximum absolute atomic E-state index is 12.3. The van der Waals surface area contributed by atoms with E-state index in [1.54, 1.807) is 16.8 Å². The van der Waals surface area contributed by atoms with Crippen LogP contribution in [0.5, 0.6) is 0 Å². The van der Waals surface area contributed by atoms with Gasteiger partial charge in [-0.15, -0.1) is 0 Å². The first-order valence-corrected chi connectivity index (χ1v) is 7.74. The van der Waals surface area contributed by atoms with Crippen LogP contribution in [-0.4, -0.2) is 26.2 Å². The number of benzene rings is 1. The molecule has 7 nitrogen and oxygen atoms in total. The molecule has 0 unspecified atom stereocenters. The van der Waals surface area contributed by atoms with Crippen LogP contribution in [0.2, 0.25) is 0 Å². The summed E-state index contributed by atoms with van der Waals surface area (Å²) in [6, 6.07) is 11.3. The summed E-state index contributed by atoms with van der Waals surface area (Å²) in [5, 5.41) is 0.789. The van der Waals surface area contributed by atoms with Crippen molar-refractivity contribution in [2.24, 2.45) is 0 Å². The predicted molar refractivity (Wildman–Crippen MR) is 93.2 cm³/mol. The molecule has 0 atom stereocenters. The third kappa shape index (κ3) is 2.72. The Hall–Kier alpha value is -3.61. The Kier molecular flexibility index (Phi) is 3.46. The van der Waals surface area contributed by atoms with Crippen LogP contribution >= 0.6 is 0 Å². The van der Waals surface area contributed by atoms with Crippen molar-refractivity contribution in [1.29, 1.82) is 0 Å². The molecule has 0 radical (unpaired) electrons. The summed E-state index contributed by atoms with van der Waals surface area (Å²) in [6.07, 6.45) is 5.06. The summed E-state index contributed by atoms with van der Waals surface area (Å²) < 4.78 is 1.75. The number of pyridine rings is 1. The Bertz CT molecular complexity index is 1110. The molecular weight excluding hydrogens is 318 g/mol. The lowest BCUT2D eigenvalue weighted by Crippen LogP contribution is -2.41. The lowest BCUT2D eigenvalue weighted by molar-refractivity contribution is 0.0845. The molecule has 3 aromatic heterocycles. The van der Waals surface area contributed by atoms with E-state index in [4.69, 9.17) is 0 Å².